The number of rotatable bonds is 6. The van der Waals surface area contributed by atoms with Crippen LogP contribution in [-0.2, 0) is 6.18 Å². The van der Waals surface area contributed by atoms with E-state index in [0.29, 0.717) is 26.7 Å². The highest BCUT2D eigenvalue weighted by atomic mass is 32.2. The summed E-state index contributed by atoms with van der Waals surface area (Å²) in [4.78, 5) is 16.9. The summed E-state index contributed by atoms with van der Waals surface area (Å²) in [5.41, 5.74) is 6.36. The lowest BCUT2D eigenvalue weighted by molar-refractivity contribution is -0.137. The third kappa shape index (κ3) is 4.96. The molecule has 2 aromatic carbocycles. The maximum Gasteiger partial charge on any atom is 0.416 e. The Bertz CT molecular complexity index is 1460. The first-order chi connectivity index (χ1) is 16.9. The average Bonchev–Trinajstić information content (AvgIpc) is 3.33. The van der Waals surface area contributed by atoms with Gasteiger partial charge in [0.2, 0.25) is 5.13 Å². The minimum atomic E-state index is -4.55. The minimum Gasteiger partial charge on any atom is -0.476 e. The van der Waals surface area contributed by atoms with E-state index in [0.717, 1.165) is 28.2 Å². The van der Waals surface area contributed by atoms with Gasteiger partial charge in [0.25, 0.3) is 0 Å². The lowest BCUT2D eigenvalue weighted by atomic mass is 10.0. The van der Waals surface area contributed by atoms with E-state index < -0.39 is 23.5 Å². The van der Waals surface area contributed by atoms with Crippen molar-refractivity contribution < 1.29 is 27.5 Å². The van der Waals surface area contributed by atoms with Crippen LogP contribution in [0.1, 0.15) is 35.6 Å². The summed E-state index contributed by atoms with van der Waals surface area (Å²) in [5, 5.41) is 14.7. The van der Waals surface area contributed by atoms with Crippen LogP contribution in [0.25, 0.3) is 27.5 Å². The van der Waals surface area contributed by atoms with E-state index in [4.69, 9.17) is 5.73 Å². The molecule has 0 bridgehead atoms. The topological polar surface area (TPSA) is 94.0 Å². The Morgan fingerprint density at radius 2 is 1.92 bits per heavy atom. The fourth-order valence-electron chi connectivity index (χ4n) is 3.66. The summed E-state index contributed by atoms with van der Waals surface area (Å²) in [7, 11) is 0. The molecule has 0 aliphatic carbocycles. The van der Waals surface area contributed by atoms with Crippen molar-refractivity contribution in [3.05, 3.63) is 65.2 Å². The Labute approximate surface area is 211 Å². The normalized spacial score (nSPS) is 11.9. The number of thiazole rings is 1. The van der Waals surface area contributed by atoms with Crippen molar-refractivity contribution in [3.8, 4) is 27.5 Å². The van der Waals surface area contributed by atoms with Crippen LogP contribution in [0.2, 0.25) is 0 Å². The molecule has 0 radical (unpaired) electrons. The summed E-state index contributed by atoms with van der Waals surface area (Å²) < 4.78 is 55.1. The number of halogens is 4. The Kier molecular flexibility index (Phi) is 6.84. The summed E-state index contributed by atoms with van der Waals surface area (Å²) in [6, 6.07) is 8.56. The number of nitrogens with two attached hydrogens (primary N) is 1. The number of alkyl halides is 3. The predicted molar refractivity (Wildman–Crippen MR) is 132 cm³/mol. The quantitative estimate of drug-likeness (QED) is 0.158. The number of nitrogens with zero attached hydrogens (tertiary/aromatic N) is 3. The molecule has 6 nitrogen and oxygen atoms in total. The second kappa shape index (κ2) is 9.58. The van der Waals surface area contributed by atoms with Crippen LogP contribution >= 0.6 is 23.1 Å². The number of nitrogen functional groups attached to an aromatic ring is 1. The van der Waals surface area contributed by atoms with Crippen molar-refractivity contribution in [2.75, 3.05) is 5.73 Å². The second-order valence-electron chi connectivity index (χ2n) is 8.14. The molecule has 36 heavy (non-hydrogen) atoms. The minimum absolute atomic E-state index is 0.0916. The van der Waals surface area contributed by atoms with Crippen molar-refractivity contribution in [2.24, 2.45) is 0 Å². The molecule has 2 heterocycles. The van der Waals surface area contributed by atoms with Crippen molar-refractivity contribution in [1.82, 2.24) is 14.8 Å². The van der Waals surface area contributed by atoms with Crippen LogP contribution < -0.4 is 5.73 Å². The van der Waals surface area contributed by atoms with E-state index in [1.807, 2.05) is 13.8 Å². The highest BCUT2D eigenvalue weighted by Crippen LogP contribution is 2.43. The van der Waals surface area contributed by atoms with Crippen molar-refractivity contribution in [2.45, 2.75) is 36.4 Å². The fraction of sp³-hybridized carbons (Fsp3) is 0.208. The van der Waals surface area contributed by atoms with E-state index >= 15 is 0 Å². The molecule has 0 unspecified atom stereocenters. The number of aromatic nitrogens is 3. The molecule has 3 N–H and O–H groups in total. The van der Waals surface area contributed by atoms with Crippen LogP contribution in [0.3, 0.4) is 0 Å². The molecule has 4 rings (SSSR count). The zero-order chi connectivity index (χ0) is 26.4. The number of carboxylic acids is 1. The molecule has 0 atom stereocenters. The first kappa shape index (κ1) is 25.7. The first-order valence-electron chi connectivity index (χ1n) is 10.6. The molecule has 0 fully saturated rings. The highest BCUT2D eigenvalue weighted by molar-refractivity contribution is 8.01. The Hall–Kier alpha value is -3.38. The van der Waals surface area contributed by atoms with Crippen molar-refractivity contribution in [1.29, 1.82) is 0 Å². The second-order valence-corrected chi connectivity index (χ2v) is 11.0. The predicted octanol–water partition coefficient (Wildman–Crippen LogP) is 6.91. The van der Waals surface area contributed by atoms with E-state index in [1.165, 1.54) is 36.0 Å². The number of hydrogen-bond acceptors (Lipinski definition) is 6. The van der Waals surface area contributed by atoms with Crippen LogP contribution in [-0.4, -0.2) is 31.1 Å². The van der Waals surface area contributed by atoms with Crippen LogP contribution in [0.4, 0.5) is 23.2 Å². The monoisotopic (exact) mass is 536 g/mol. The van der Waals surface area contributed by atoms with Gasteiger partial charge < -0.3 is 10.8 Å². The lowest BCUT2D eigenvalue weighted by Gasteiger charge is -2.11. The number of carboxylic acid groups (broad SMARTS) is 1. The Morgan fingerprint density at radius 3 is 2.50 bits per heavy atom. The van der Waals surface area contributed by atoms with Crippen LogP contribution in [0.5, 0.6) is 0 Å². The largest absolute Gasteiger partial charge is 0.476 e. The first-order valence-corrected chi connectivity index (χ1v) is 12.3. The smallest absolute Gasteiger partial charge is 0.416 e. The Balaban J connectivity index is 1.91. The highest BCUT2D eigenvalue weighted by Gasteiger charge is 2.32. The summed E-state index contributed by atoms with van der Waals surface area (Å²) in [6.07, 6.45) is -4.55. The van der Waals surface area contributed by atoms with Gasteiger partial charge >= 0.3 is 12.1 Å². The standard InChI is InChI=1S/C24H20F4N4O2S2/c1-11(2)35-22-19(16-8-7-14(10-17(16)29)24(26,27)28)30-23(36-22)32-20(21(33)34)18(12(3)31-32)13-5-4-6-15(25)9-13/h4-11H,29H2,1-3H3,(H,33,34). The maximum absolute atomic E-state index is 13.9. The molecule has 4 aromatic rings. The molecule has 188 valence electrons. The molecule has 0 saturated carbocycles. The van der Waals surface area contributed by atoms with Gasteiger partial charge in [-0.1, -0.05) is 43.4 Å². The third-order valence-electron chi connectivity index (χ3n) is 5.12. The SMILES string of the molecule is Cc1nn(-c2nc(-c3ccc(C(F)(F)F)cc3N)c(SC(C)C)s2)c(C(=O)O)c1-c1cccc(F)c1. The van der Waals surface area contributed by atoms with E-state index in [2.05, 4.69) is 10.1 Å². The van der Waals surface area contributed by atoms with Gasteiger partial charge in [0.05, 0.1) is 21.2 Å². The number of hydrogen-bond donors (Lipinski definition) is 2. The van der Waals surface area contributed by atoms with E-state index in [1.54, 1.807) is 13.0 Å². The number of carbonyl (C=O) groups is 1. The number of benzene rings is 2. The van der Waals surface area contributed by atoms with Gasteiger partial charge in [-0.2, -0.15) is 23.0 Å². The van der Waals surface area contributed by atoms with Gasteiger partial charge in [-0.3, -0.25) is 0 Å². The van der Waals surface area contributed by atoms with Crippen LogP contribution in [0.15, 0.2) is 46.7 Å². The summed E-state index contributed by atoms with van der Waals surface area (Å²) in [5.74, 6) is -1.82. The van der Waals surface area contributed by atoms with Gasteiger partial charge in [-0.05, 0) is 36.8 Å². The molecular formula is C24H20F4N4O2S2. The molecule has 0 amide bonds. The maximum atomic E-state index is 13.9. The van der Waals surface area contributed by atoms with Gasteiger partial charge in [0, 0.05) is 22.1 Å². The van der Waals surface area contributed by atoms with E-state index in [-0.39, 0.29) is 27.3 Å². The Morgan fingerprint density at radius 1 is 1.19 bits per heavy atom. The van der Waals surface area contributed by atoms with Gasteiger partial charge in [-0.15, -0.1) is 11.8 Å². The zero-order valence-electron chi connectivity index (χ0n) is 19.2. The van der Waals surface area contributed by atoms with Gasteiger partial charge in [0.1, 0.15) is 5.82 Å². The van der Waals surface area contributed by atoms with Gasteiger partial charge in [-0.25, -0.2) is 14.2 Å². The summed E-state index contributed by atoms with van der Waals surface area (Å²) in [6.45, 7) is 5.48. The van der Waals surface area contributed by atoms with E-state index in [9.17, 15) is 27.5 Å². The lowest BCUT2D eigenvalue weighted by Crippen LogP contribution is -2.09. The number of aromatic carboxylic acids is 1. The molecular weight excluding hydrogens is 516 g/mol. The fourth-order valence-corrected chi connectivity index (χ4v) is 6.12. The number of anilines is 1. The third-order valence-corrected chi connectivity index (χ3v) is 7.36. The zero-order valence-corrected chi connectivity index (χ0v) is 20.9. The molecule has 0 spiro atoms. The molecule has 12 heteroatoms. The molecule has 0 aliphatic heterocycles. The van der Waals surface area contributed by atoms with Gasteiger partial charge in [0.15, 0.2) is 5.69 Å². The van der Waals surface area contributed by atoms with Crippen LogP contribution in [0, 0.1) is 12.7 Å². The van der Waals surface area contributed by atoms with Crippen molar-refractivity contribution in [3.63, 3.8) is 0 Å². The molecule has 2 aromatic heterocycles. The van der Waals surface area contributed by atoms with Crippen molar-refractivity contribution >= 4 is 34.8 Å². The number of aryl methyl sites for hydroxylation is 1. The molecule has 0 saturated heterocycles. The summed E-state index contributed by atoms with van der Waals surface area (Å²) >= 11 is 2.56. The average molecular weight is 537 g/mol. The molecule has 0 aliphatic rings. The number of thioether (sulfide) groups is 1.